The van der Waals surface area contributed by atoms with E-state index in [9.17, 15) is 9.59 Å². The van der Waals surface area contributed by atoms with Crippen LogP contribution in [0.2, 0.25) is 0 Å². The molecule has 5 nitrogen and oxygen atoms in total. The fourth-order valence-electron chi connectivity index (χ4n) is 3.12. The van der Waals surface area contributed by atoms with Gasteiger partial charge in [0.2, 0.25) is 5.91 Å². The highest BCUT2D eigenvalue weighted by molar-refractivity contribution is 5.93. The van der Waals surface area contributed by atoms with Gasteiger partial charge in [0.25, 0.3) is 0 Å². The topological polar surface area (TPSA) is 69.6 Å². The summed E-state index contributed by atoms with van der Waals surface area (Å²) in [5, 5.41) is 12.3. The molecular weight excluding hydrogens is 256 g/mol. The fourth-order valence-corrected chi connectivity index (χ4v) is 3.12. The molecule has 1 aromatic carbocycles. The maximum atomic E-state index is 11.6. The number of carboxylic acids is 1. The zero-order chi connectivity index (χ0) is 14.3. The van der Waals surface area contributed by atoms with Crippen LogP contribution < -0.4 is 10.2 Å². The van der Waals surface area contributed by atoms with Crippen molar-refractivity contribution in [2.75, 3.05) is 18.0 Å². The number of carbonyl (C=O) groups is 2. The Labute approximate surface area is 117 Å². The molecule has 1 saturated heterocycles. The summed E-state index contributed by atoms with van der Waals surface area (Å²) in [5.41, 5.74) is 3.24. The van der Waals surface area contributed by atoms with E-state index in [0.717, 1.165) is 24.2 Å². The molecular formula is C15H18N2O3. The molecule has 1 amide bonds. The number of anilines is 1. The molecule has 2 N–H and O–H groups in total. The first-order valence-electron chi connectivity index (χ1n) is 6.93. The Morgan fingerprint density at radius 3 is 2.85 bits per heavy atom. The molecule has 0 aromatic heterocycles. The normalized spacial score (nSPS) is 24.8. The highest BCUT2D eigenvalue weighted by Gasteiger charge is 2.31. The third-order valence-corrected chi connectivity index (χ3v) is 4.27. The molecule has 0 aliphatic carbocycles. The first kappa shape index (κ1) is 13.1. The Kier molecular flexibility index (Phi) is 3.22. The number of carbonyl (C=O) groups excluding carboxylic acids is 1. The Bertz CT molecular complexity index is 570. The summed E-state index contributed by atoms with van der Waals surface area (Å²) in [6.07, 6.45) is 1.50. The molecule has 2 aliphatic heterocycles. The van der Waals surface area contributed by atoms with Crippen molar-refractivity contribution in [1.82, 2.24) is 5.32 Å². The number of carboxylic acid groups (broad SMARTS) is 1. The minimum Gasteiger partial charge on any atom is -0.481 e. The number of benzene rings is 1. The minimum atomic E-state index is -0.744. The monoisotopic (exact) mass is 274 g/mol. The maximum absolute atomic E-state index is 11.6. The Hall–Kier alpha value is -1.88. The van der Waals surface area contributed by atoms with Crippen LogP contribution in [0.15, 0.2) is 18.2 Å². The van der Waals surface area contributed by atoms with Crippen molar-refractivity contribution in [3.8, 4) is 0 Å². The van der Waals surface area contributed by atoms with Gasteiger partial charge < -0.3 is 15.3 Å². The number of hydrogen-bond donors (Lipinski definition) is 2. The van der Waals surface area contributed by atoms with E-state index in [4.69, 9.17) is 5.11 Å². The number of hydrogen-bond acceptors (Lipinski definition) is 3. The van der Waals surface area contributed by atoms with Crippen LogP contribution in [0, 0.1) is 5.92 Å². The van der Waals surface area contributed by atoms with Crippen molar-refractivity contribution >= 4 is 17.6 Å². The van der Waals surface area contributed by atoms with Gasteiger partial charge in [-0.15, -0.1) is 0 Å². The van der Waals surface area contributed by atoms with Crippen molar-refractivity contribution in [2.24, 2.45) is 5.92 Å². The average Bonchev–Trinajstić information content (AvgIpc) is 3.04. The van der Waals surface area contributed by atoms with Crippen molar-refractivity contribution in [1.29, 1.82) is 0 Å². The summed E-state index contributed by atoms with van der Waals surface area (Å²) < 4.78 is 0. The van der Waals surface area contributed by atoms with Crippen LogP contribution in [-0.4, -0.2) is 30.1 Å². The van der Waals surface area contributed by atoms with Crippen LogP contribution in [0.1, 0.15) is 30.5 Å². The second-order valence-electron chi connectivity index (χ2n) is 5.54. The van der Waals surface area contributed by atoms with E-state index in [-0.39, 0.29) is 17.9 Å². The Morgan fingerprint density at radius 2 is 2.20 bits per heavy atom. The third-order valence-electron chi connectivity index (χ3n) is 4.27. The number of amides is 1. The van der Waals surface area contributed by atoms with Crippen molar-refractivity contribution < 1.29 is 14.7 Å². The summed E-state index contributed by atoms with van der Waals surface area (Å²) >= 11 is 0. The summed E-state index contributed by atoms with van der Waals surface area (Å²) in [5.74, 6) is -1.01. The van der Waals surface area contributed by atoms with Crippen LogP contribution in [0.4, 0.5) is 5.69 Å². The van der Waals surface area contributed by atoms with E-state index >= 15 is 0 Å². The quantitative estimate of drug-likeness (QED) is 0.853. The van der Waals surface area contributed by atoms with Gasteiger partial charge in [-0.05, 0) is 30.0 Å². The van der Waals surface area contributed by atoms with Gasteiger partial charge in [0.05, 0.1) is 5.92 Å². The lowest BCUT2D eigenvalue weighted by Gasteiger charge is -2.17. The molecule has 20 heavy (non-hydrogen) atoms. The van der Waals surface area contributed by atoms with Gasteiger partial charge in [-0.3, -0.25) is 9.59 Å². The number of fused-ring (bicyclic) bond motifs is 1. The van der Waals surface area contributed by atoms with Crippen LogP contribution in [0.25, 0.3) is 0 Å². The van der Waals surface area contributed by atoms with E-state index in [1.165, 1.54) is 5.56 Å². The zero-order valence-electron chi connectivity index (χ0n) is 11.4. The molecule has 2 unspecified atom stereocenters. The molecule has 0 radical (unpaired) electrons. The number of rotatable bonds is 2. The van der Waals surface area contributed by atoms with Gasteiger partial charge in [-0.2, -0.15) is 0 Å². The first-order valence-corrected chi connectivity index (χ1v) is 6.93. The zero-order valence-corrected chi connectivity index (χ0v) is 11.4. The highest BCUT2D eigenvalue weighted by Crippen LogP contribution is 2.34. The molecule has 3 rings (SSSR count). The van der Waals surface area contributed by atoms with Crippen LogP contribution >= 0.6 is 0 Å². The largest absolute Gasteiger partial charge is 0.481 e. The van der Waals surface area contributed by atoms with E-state index in [0.29, 0.717) is 13.0 Å². The summed E-state index contributed by atoms with van der Waals surface area (Å²) in [6, 6.07) is 6.20. The average molecular weight is 274 g/mol. The molecule has 1 aromatic rings. The first-order chi connectivity index (χ1) is 9.56. The number of nitrogens with zero attached hydrogens (tertiary/aromatic N) is 1. The van der Waals surface area contributed by atoms with E-state index in [1.807, 2.05) is 12.1 Å². The van der Waals surface area contributed by atoms with Crippen LogP contribution in [0.5, 0.6) is 0 Å². The Morgan fingerprint density at radius 1 is 1.40 bits per heavy atom. The SMILES string of the molecule is CC(=O)N1CCc2ccc(C3CC(C(=O)O)CN3)cc21. The molecule has 5 heteroatoms. The second-order valence-corrected chi connectivity index (χ2v) is 5.54. The predicted molar refractivity (Wildman–Crippen MR) is 74.7 cm³/mol. The van der Waals surface area contributed by atoms with Crippen molar-refractivity contribution in [3.63, 3.8) is 0 Å². The number of aliphatic carboxylic acids is 1. The molecule has 0 saturated carbocycles. The lowest BCUT2D eigenvalue weighted by Crippen LogP contribution is -2.26. The number of nitrogens with one attached hydrogen (secondary N) is 1. The lowest BCUT2D eigenvalue weighted by atomic mass is 9.98. The summed E-state index contributed by atoms with van der Waals surface area (Å²) in [6.45, 7) is 2.83. The highest BCUT2D eigenvalue weighted by atomic mass is 16.4. The van der Waals surface area contributed by atoms with Gasteiger partial charge in [0.1, 0.15) is 0 Å². The summed E-state index contributed by atoms with van der Waals surface area (Å²) in [4.78, 5) is 24.4. The molecule has 106 valence electrons. The summed E-state index contributed by atoms with van der Waals surface area (Å²) in [7, 11) is 0. The van der Waals surface area contributed by atoms with Crippen molar-refractivity contribution in [2.45, 2.75) is 25.8 Å². The smallest absolute Gasteiger partial charge is 0.307 e. The van der Waals surface area contributed by atoms with Crippen molar-refractivity contribution in [3.05, 3.63) is 29.3 Å². The van der Waals surface area contributed by atoms with E-state index in [2.05, 4.69) is 11.4 Å². The molecule has 2 atom stereocenters. The van der Waals surface area contributed by atoms with Gasteiger partial charge >= 0.3 is 5.97 Å². The van der Waals surface area contributed by atoms with Gasteiger partial charge in [-0.1, -0.05) is 12.1 Å². The second kappa shape index (κ2) is 4.90. The molecule has 0 bridgehead atoms. The van der Waals surface area contributed by atoms with Crippen LogP contribution in [0.3, 0.4) is 0 Å². The van der Waals surface area contributed by atoms with E-state index < -0.39 is 5.97 Å². The minimum absolute atomic E-state index is 0.0590. The predicted octanol–water partition coefficient (Wildman–Crippen LogP) is 1.33. The van der Waals surface area contributed by atoms with Gasteiger partial charge in [0, 0.05) is 31.7 Å². The molecule has 1 fully saturated rings. The van der Waals surface area contributed by atoms with Gasteiger partial charge in [-0.25, -0.2) is 0 Å². The standard InChI is InChI=1S/C15H18N2O3/c1-9(18)17-5-4-10-2-3-11(7-14(10)17)13-6-12(8-16-13)15(19)20/h2-3,7,12-13,16H,4-6,8H2,1H3,(H,19,20). The fraction of sp³-hybridized carbons (Fsp3) is 0.467. The van der Waals surface area contributed by atoms with Crippen LogP contribution in [-0.2, 0) is 16.0 Å². The van der Waals surface area contributed by atoms with E-state index in [1.54, 1.807) is 11.8 Å². The molecule has 2 aliphatic rings. The lowest BCUT2D eigenvalue weighted by molar-refractivity contribution is -0.141. The maximum Gasteiger partial charge on any atom is 0.307 e. The molecule has 0 spiro atoms. The van der Waals surface area contributed by atoms with Gasteiger partial charge in [0.15, 0.2) is 0 Å². The molecule has 2 heterocycles. The Balaban J connectivity index is 1.85. The third kappa shape index (κ3) is 2.18.